The third kappa shape index (κ3) is 4.20. The fourth-order valence-electron chi connectivity index (χ4n) is 3.98. The van der Waals surface area contributed by atoms with E-state index < -0.39 is 9.84 Å². The summed E-state index contributed by atoms with van der Waals surface area (Å²) in [6.07, 6.45) is 1.93. The van der Waals surface area contributed by atoms with Gasteiger partial charge in [-0.15, -0.1) is 0 Å². The zero-order valence-corrected chi connectivity index (χ0v) is 19.1. The van der Waals surface area contributed by atoms with Gasteiger partial charge in [-0.05, 0) is 43.2 Å². The first-order valence-electron chi connectivity index (χ1n) is 11.0. The molecule has 0 unspecified atom stereocenters. The number of carbonyl (C=O) groups is 1. The fraction of sp³-hybridized carbons (Fsp3) is 0.333. The minimum Gasteiger partial charge on any atom is -0.497 e. The van der Waals surface area contributed by atoms with Crippen molar-refractivity contribution in [2.45, 2.75) is 22.8 Å². The normalized spacial score (nSPS) is 16.6. The van der Waals surface area contributed by atoms with Gasteiger partial charge in [0.15, 0.2) is 0 Å². The van der Waals surface area contributed by atoms with Crippen molar-refractivity contribution in [1.82, 2.24) is 9.88 Å². The first-order valence-corrected chi connectivity index (χ1v) is 12.4. The Morgan fingerprint density at radius 2 is 1.76 bits per heavy atom. The number of amides is 1. The molecule has 1 aliphatic heterocycles. The van der Waals surface area contributed by atoms with E-state index in [1.807, 2.05) is 9.80 Å². The molecule has 1 saturated carbocycles. The van der Waals surface area contributed by atoms with Crippen LogP contribution in [-0.4, -0.2) is 57.5 Å². The number of nitrogens with zero attached hydrogens (tertiary/aromatic N) is 3. The van der Waals surface area contributed by atoms with Crippen LogP contribution < -0.4 is 9.64 Å². The Hall–Kier alpha value is -3.33. The number of ether oxygens (including phenoxy) is 1. The molecule has 2 heterocycles. The van der Waals surface area contributed by atoms with Gasteiger partial charge in [0.2, 0.25) is 32.5 Å². The predicted molar refractivity (Wildman–Crippen MR) is 122 cm³/mol. The SMILES string of the molecule is COc1cccc(-c2nc(S(=O)(=O)c3ccccc3)c(N3CCN(C(=O)C4CC4)CC3)o2)c1. The first-order chi connectivity index (χ1) is 16.0. The molecular weight excluding hydrogens is 442 g/mol. The molecule has 2 aliphatic rings. The minimum absolute atomic E-state index is 0.117. The Morgan fingerprint density at radius 3 is 2.42 bits per heavy atom. The number of piperazine rings is 1. The lowest BCUT2D eigenvalue weighted by Crippen LogP contribution is -2.49. The molecule has 5 rings (SSSR count). The first kappa shape index (κ1) is 21.5. The molecule has 0 atom stereocenters. The highest BCUT2D eigenvalue weighted by Gasteiger charge is 2.37. The molecule has 1 saturated heterocycles. The molecule has 1 aliphatic carbocycles. The van der Waals surface area contributed by atoms with E-state index in [1.165, 1.54) is 0 Å². The number of oxazole rings is 1. The average molecular weight is 468 g/mol. The number of rotatable bonds is 6. The lowest BCUT2D eigenvalue weighted by molar-refractivity contribution is -0.132. The highest BCUT2D eigenvalue weighted by molar-refractivity contribution is 7.91. The van der Waals surface area contributed by atoms with Crippen molar-refractivity contribution in [3.63, 3.8) is 0 Å². The van der Waals surface area contributed by atoms with Crippen LogP contribution in [-0.2, 0) is 14.6 Å². The maximum Gasteiger partial charge on any atom is 0.236 e. The molecule has 3 aromatic rings. The maximum absolute atomic E-state index is 13.5. The van der Waals surface area contributed by atoms with Crippen LogP contribution in [0, 0.1) is 5.92 Å². The summed E-state index contributed by atoms with van der Waals surface area (Å²) in [6, 6.07) is 15.4. The largest absolute Gasteiger partial charge is 0.497 e. The monoisotopic (exact) mass is 467 g/mol. The zero-order valence-electron chi connectivity index (χ0n) is 18.3. The van der Waals surface area contributed by atoms with E-state index in [1.54, 1.807) is 61.7 Å². The van der Waals surface area contributed by atoms with E-state index in [0.717, 1.165) is 12.8 Å². The van der Waals surface area contributed by atoms with E-state index in [-0.39, 0.29) is 33.5 Å². The summed E-state index contributed by atoms with van der Waals surface area (Å²) >= 11 is 0. The zero-order chi connectivity index (χ0) is 23.0. The van der Waals surface area contributed by atoms with Gasteiger partial charge in [-0.3, -0.25) is 4.79 Å². The molecule has 2 fully saturated rings. The number of benzene rings is 2. The van der Waals surface area contributed by atoms with Gasteiger partial charge < -0.3 is 19.0 Å². The second-order valence-corrected chi connectivity index (χ2v) is 10.1. The second-order valence-electron chi connectivity index (χ2n) is 8.26. The molecule has 33 heavy (non-hydrogen) atoms. The number of hydrogen-bond acceptors (Lipinski definition) is 7. The summed E-state index contributed by atoms with van der Waals surface area (Å²) in [5.74, 6) is 1.38. The molecule has 1 amide bonds. The van der Waals surface area contributed by atoms with Gasteiger partial charge in [0.1, 0.15) is 5.75 Å². The summed E-state index contributed by atoms with van der Waals surface area (Å²) in [6.45, 7) is 2.00. The smallest absolute Gasteiger partial charge is 0.236 e. The van der Waals surface area contributed by atoms with Crippen LogP contribution in [0.15, 0.2) is 68.9 Å². The Kier molecular flexibility index (Phi) is 5.57. The summed E-state index contributed by atoms with van der Waals surface area (Å²) in [7, 11) is -2.35. The summed E-state index contributed by atoms with van der Waals surface area (Å²) < 4.78 is 38.4. The lowest BCUT2D eigenvalue weighted by atomic mass is 10.2. The number of anilines is 1. The highest BCUT2D eigenvalue weighted by atomic mass is 32.2. The van der Waals surface area contributed by atoms with Gasteiger partial charge in [-0.25, -0.2) is 8.42 Å². The predicted octanol–water partition coefficient (Wildman–Crippen LogP) is 3.24. The summed E-state index contributed by atoms with van der Waals surface area (Å²) in [5, 5.41) is -0.117. The van der Waals surface area contributed by atoms with Crippen LogP contribution in [0.25, 0.3) is 11.5 Å². The standard InChI is InChI=1S/C24H25N3O5S/c1-31-19-7-5-6-18(16-19)21-25-22(33(29,30)20-8-3-2-4-9-20)24(32-21)27-14-12-26(13-15-27)23(28)17-10-11-17/h2-9,16-17H,10-15H2,1H3. The topological polar surface area (TPSA) is 93.0 Å². The van der Waals surface area contributed by atoms with Crippen molar-refractivity contribution >= 4 is 21.6 Å². The number of aromatic nitrogens is 1. The number of carbonyl (C=O) groups excluding carboxylic acids is 1. The van der Waals surface area contributed by atoms with Crippen molar-refractivity contribution in [3.8, 4) is 17.2 Å². The highest BCUT2D eigenvalue weighted by Crippen LogP contribution is 2.36. The Labute approximate surface area is 192 Å². The molecule has 1 aromatic heterocycles. The van der Waals surface area contributed by atoms with E-state index in [0.29, 0.717) is 37.5 Å². The van der Waals surface area contributed by atoms with Crippen molar-refractivity contribution < 1.29 is 22.4 Å². The van der Waals surface area contributed by atoms with Gasteiger partial charge in [-0.2, -0.15) is 4.98 Å². The van der Waals surface area contributed by atoms with Crippen LogP contribution >= 0.6 is 0 Å². The fourth-order valence-corrected chi connectivity index (χ4v) is 5.32. The van der Waals surface area contributed by atoms with E-state index in [4.69, 9.17) is 9.15 Å². The molecule has 0 radical (unpaired) electrons. The van der Waals surface area contributed by atoms with Crippen molar-refractivity contribution in [2.24, 2.45) is 5.92 Å². The van der Waals surface area contributed by atoms with Gasteiger partial charge in [-0.1, -0.05) is 24.3 Å². The van der Waals surface area contributed by atoms with Crippen molar-refractivity contribution in [2.75, 3.05) is 38.2 Å². The van der Waals surface area contributed by atoms with E-state index in [9.17, 15) is 13.2 Å². The minimum atomic E-state index is -3.91. The third-order valence-corrected chi connectivity index (χ3v) is 7.68. The molecule has 0 bridgehead atoms. The molecular formula is C24H25N3O5S. The van der Waals surface area contributed by atoms with Gasteiger partial charge in [0.05, 0.1) is 12.0 Å². The van der Waals surface area contributed by atoms with E-state index in [2.05, 4.69) is 4.98 Å². The molecule has 0 N–H and O–H groups in total. The number of methoxy groups -OCH3 is 1. The van der Waals surface area contributed by atoms with Crippen molar-refractivity contribution in [1.29, 1.82) is 0 Å². The van der Waals surface area contributed by atoms with Crippen LogP contribution in [0.2, 0.25) is 0 Å². The second kappa shape index (κ2) is 8.55. The van der Waals surface area contributed by atoms with Gasteiger partial charge in [0.25, 0.3) is 0 Å². The Morgan fingerprint density at radius 1 is 1.03 bits per heavy atom. The van der Waals surface area contributed by atoms with Crippen molar-refractivity contribution in [3.05, 3.63) is 54.6 Å². The van der Waals surface area contributed by atoms with Crippen LogP contribution in [0.5, 0.6) is 5.75 Å². The molecule has 8 nitrogen and oxygen atoms in total. The maximum atomic E-state index is 13.5. The third-order valence-electron chi connectivity index (χ3n) is 6.01. The average Bonchev–Trinajstić information content (AvgIpc) is 3.61. The van der Waals surface area contributed by atoms with Gasteiger partial charge >= 0.3 is 0 Å². The van der Waals surface area contributed by atoms with E-state index >= 15 is 0 Å². The number of sulfone groups is 1. The Bertz CT molecular complexity index is 1260. The van der Waals surface area contributed by atoms with Crippen LogP contribution in [0.1, 0.15) is 12.8 Å². The quantitative estimate of drug-likeness (QED) is 0.549. The molecule has 9 heteroatoms. The Balaban J connectivity index is 1.51. The van der Waals surface area contributed by atoms with Gasteiger partial charge in [0, 0.05) is 37.7 Å². The molecule has 172 valence electrons. The summed E-state index contributed by atoms with van der Waals surface area (Å²) in [5.41, 5.74) is 0.618. The molecule has 0 spiro atoms. The lowest BCUT2D eigenvalue weighted by Gasteiger charge is -2.34. The number of hydrogen-bond donors (Lipinski definition) is 0. The summed E-state index contributed by atoms with van der Waals surface area (Å²) in [4.78, 5) is 20.7. The van der Waals surface area contributed by atoms with Crippen LogP contribution in [0.4, 0.5) is 5.88 Å². The molecule has 2 aromatic carbocycles. The van der Waals surface area contributed by atoms with Crippen LogP contribution in [0.3, 0.4) is 0 Å².